The number of hydrogen-bond donors (Lipinski definition) is 1. The van der Waals surface area contributed by atoms with E-state index in [4.69, 9.17) is 15.0 Å². The number of ether oxygens (including phenoxy) is 1. The molecule has 2 aliphatic rings. The lowest BCUT2D eigenvalue weighted by molar-refractivity contribution is 0.241. The molecule has 1 heterocycles. The summed E-state index contributed by atoms with van der Waals surface area (Å²) in [4.78, 5) is 4.37. The Labute approximate surface area is 117 Å². The molecule has 0 amide bonds. The molecule has 0 spiro atoms. The topological polar surface area (TPSA) is 74.2 Å². The number of fused-ring (bicyclic) bond motifs is 1. The van der Waals surface area contributed by atoms with Crippen LogP contribution in [0.4, 0.5) is 0 Å². The van der Waals surface area contributed by atoms with E-state index in [1.807, 2.05) is 12.1 Å². The molecule has 2 aromatic rings. The Kier molecular flexibility index (Phi) is 2.73. The van der Waals surface area contributed by atoms with E-state index >= 15 is 0 Å². The van der Waals surface area contributed by atoms with Gasteiger partial charge in [0.2, 0.25) is 0 Å². The molecule has 0 aliphatic heterocycles. The maximum Gasteiger partial charge on any atom is 0.264 e. The van der Waals surface area contributed by atoms with Crippen molar-refractivity contribution in [3.8, 4) is 5.75 Å². The zero-order valence-corrected chi connectivity index (χ0v) is 11.2. The van der Waals surface area contributed by atoms with Crippen molar-refractivity contribution in [1.29, 1.82) is 0 Å². The first kappa shape index (κ1) is 11.9. The van der Waals surface area contributed by atoms with Gasteiger partial charge in [0.1, 0.15) is 5.75 Å². The molecular weight excluding hydrogens is 254 g/mol. The molecule has 1 atom stereocenters. The average molecular weight is 271 g/mol. The van der Waals surface area contributed by atoms with Crippen molar-refractivity contribution in [2.24, 2.45) is 5.73 Å². The number of aromatic nitrogens is 2. The number of benzene rings is 1. The Hall–Kier alpha value is -1.88. The summed E-state index contributed by atoms with van der Waals surface area (Å²) < 4.78 is 11.1. The van der Waals surface area contributed by atoms with E-state index in [-0.39, 0.29) is 6.04 Å². The van der Waals surface area contributed by atoms with Crippen LogP contribution in [-0.4, -0.2) is 10.1 Å². The third-order valence-corrected chi connectivity index (χ3v) is 4.05. The molecule has 0 saturated heterocycles. The molecule has 104 valence electrons. The van der Waals surface area contributed by atoms with Crippen molar-refractivity contribution in [3.63, 3.8) is 0 Å². The fraction of sp³-hybridized carbons (Fsp3) is 0.467. The van der Waals surface area contributed by atoms with Crippen molar-refractivity contribution in [1.82, 2.24) is 10.1 Å². The lowest BCUT2D eigenvalue weighted by Gasteiger charge is -2.09. The molecular formula is C15H17N3O2. The number of hydrogen-bond acceptors (Lipinski definition) is 5. The van der Waals surface area contributed by atoms with Crippen molar-refractivity contribution >= 4 is 0 Å². The first-order chi connectivity index (χ1) is 9.81. The van der Waals surface area contributed by atoms with Crippen LogP contribution in [0, 0.1) is 0 Å². The second-order valence-corrected chi connectivity index (χ2v) is 5.58. The van der Waals surface area contributed by atoms with Gasteiger partial charge in [-0.1, -0.05) is 17.3 Å². The van der Waals surface area contributed by atoms with Gasteiger partial charge in [0.05, 0.1) is 0 Å². The fourth-order valence-electron chi connectivity index (χ4n) is 2.76. The quantitative estimate of drug-likeness (QED) is 0.924. The standard InChI is InChI=1S/C15H17N3O2/c16-12-7-6-11-10(12)2-1-3-13(11)19-8-14-17-15(18-20-14)9-4-5-9/h1-3,9,12H,4-8,16H2. The predicted molar refractivity (Wildman–Crippen MR) is 72.3 cm³/mol. The van der Waals surface area contributed by atoms with E-state index in [0.29, 0.717) is 18.4 Å². The van der Waals surface area contributed by atoms with Crippen LogP contribution in [0.2, 0.25) is 0 Å². The summed E-state index contributed by atoms with van der Waals surface area (Å²) in [7, 11) is 0. The molecule has 0 radical (unpaired) electrons. The molecule has 20 heavy (non-hydrogen) atoms. The van der Waals surface area contributed by atoms with Gasteiger partial charge < -0.3 is 15.0 Å². The third-order valence-electron chi connectivity index (χ3n) is 4.05. The van der Waals surface area contributed by atoms with Gasteiger partial charge in [-0.3, -0.25) is 0 Å². The highest BCUT2D eigenvalue weighted by Gasteiger charge is 2.29. The van der Waals surface area contributed by atoms with Crippen molar-refractivity contribution in [2.45, 2.75) is 44.2 Å². The molecule has 1 unspecified atom stereocenters. The van der Waals surface area contributed by atoms with Gasteiger partial charge in [-0.15, -0.1) is 0 Å². The van der Waals surface area contributed by atoms with Gasteiger partial charge in [-0.25, -0.2) is 0 Å². The van der Waals surface area contributed by atoms with Crippen LogP contribution in [0.15, 0.2) is 22.7 Å². The van der Waals surface area contributed by atoms with E-state index in [2.05, 4.69) is 16.2 Å². The molecule has 5 nitrogen and oxygen atoms in total. The minimum atomic E-state index is 0.137. The van der Waals surface area contributed by atoms with E-state index in [1.54, 1.807) is 0 Å². The highest BCUT2D eigenvalue weighted by Crippen LogP contribution is 2.38. The van der Waals surface area contributed by atoms with Gasteiger partial charge >= 0.3 is 0 Å². The van der Waals surface area contributed by atoms with Crippen LogP contribution >= 0.6 is 0 Å². The summed E-state index contributed by atoms with van der Waals surface area (Å²) in [6.45, 7) is 0.325. The highest BCUT2D eigenvalue weighted by molar-refractivity contribution is 5.44. The Morgan fingerprint density at radius 3 is 3.05 bits per heavy atom. The molecule has 1 aromatic carbocycles. The van der Waals surface area contributed by atoms with Gasteiger partial charge in [-0.05, 0) is 42.9 Å². The summed E-state index contributed by atoms with van der Waals surface area (Å²) in [5.41, 5.74) is 8.49. The summed E-state index contributed by atoms with van der Waals surface area (Å²) in [5, 5.41) is 3.99. The summed E-state index contributed by atoms with van der Waals surface area (Å²) >= 11 is 0. The molecule has 5 heteroatoms. The lowest BCUT2D eigenvalue weighted by atomic mass is 10.1. The second kappa shape index (κ2) is 4.59. The molecule has 4 rings (SSSR count). The summed E-state index contributed by atoms with van der Waals surface area (Å²) in [6.07, 6.45) is 4.31. The maximum atomic E-state index is 6.07. The van der Waals surface area contributed by atoms with E-state index in [9.17, 15) is 0 Å². The molecule has 1 fully saturated rings. The van der Waals surface area contributed by atoms with Gasteiger partial charge in [-0.2, -0.15) is 4.98 Å². The predicted octanol–water partition coefficient (Wildman–Crippen LogP) is 2.47. The number of nitrogens with zero attached hydrogens (tertiary/aromatic N) is 2. The van der Waals surface area contributed by atoms with E-state index < -0.39 is 0 Å². The molecule has 0 bridgehead atoms. The largest absolute Gasteiger partial charge is 0.483 e. The number of rotatable bonds is 4. The van der Waals surface area contributed by atoms with Crippen LogP contribution in [0.3, 0.4) is 0 Å². The SMILES string of the molecule is NC1CCc2c(OCc3nc(C4CC4)no3)cccc21. The van der Waals surface area contributed by atoms with Crippen molar-refractivity contribution in [2.75, 3.05) is 0 Å². The minimum absolute atomic E-state index is 0.137. The maximum absolute atomic E-state index is 6.07. The molecule has 1 saturated carbocycles. The minimum Gasteiger partial charge on any atom is -0.483 e. The van der Waals surface area contributed by atoms with Crippen LogP contribution in [0.25, 0.3) is 0 Å². The van der Waals surface area contributed by atoms with Crippen LogP contribution < -0.4 is 10.5 Å². The zero-order chi connectivity index (χ0) is 13.5. The number of nitrogens with two attached hydrogens (primary N) is 1. The molecule has 2 N–H and O–H groups in total. The highest BCUT2D eigenvalue weighted by atomic mass is 16.5. The first-order valence-electron chi connectivity index (χ1n) is 7.14. The van der Waals surface area contributed by atoms with Crippen LogP contribution in [0.5, 0.6) is 5.75 Å². The Bertz CT molecular complexity index is 634. The van der Waals surface area contributed by atoms with E-state index in [0.717, 1.165) is 24.4 Å². The Morgan fingerprint density at radius 1 is 1.30 bits per heavy atom. The fourth-order valence-corrected chi connectivity index (χ4v) is 2.76. The van der Waals surface area contributed by atoms with E-state index in [1.165, 1.54) is 24.0 Å². The zero-order valence-electron chi connectivity index (χ0n) is 11.2. The van der Waals surface area contributed by atoms with Crippen molar-refractivity contribution < 1.29 is 9.26 Å². The van der Waals surface area contributed by atoms with Gasteiger partial charge in [0.15, 0.2) is 12.4 Å². The Morgan fingerprint density at radius 2 is 2.20 bits per heavy atom. The van der Waals surface area contributed by atoms with Crippen LogP contribution in [-0.2, 0) is 13.0 Å². The Balaban J connectivity index is 1.49. The van der Waals surface area contributed by atoms with Gasteiger partial charge in [0, 0.05) is 12.0 Å². The van der Waals surface area contributed by atoms with Crippen LogP contribution in [0.1, 0.15) is 54.1 Å². The summed E-state index contributed by atoms with van der Waals surface area (Å²) in [5.74, 6) is 2.77. The lowest BCUT2D eigenvalue weighted by Crippen LogP contribution is -2.05. The molecule has 1 aromatic heterocycles. The second-order valence-electron chi connectivity index (χ2n) is 5.58. The van der Waals surface area contributed by atoms with Gasteiger partial charge in [0.25, 0.3) is 5.89 Å². The van der Waals surface area contributed by atoms with Crippen molar-refractivity contribution in [3.05, 3.63) is 41.0 Å². The molecule has 2 aliphatic carbocycles. The normalized spacial score (nSPS) is 20.9. The smallest absolute Gasteiger partial charge is 0.264 e. The first-order valence-corrected chi connectivity index (χ1v) is 7.14. The third kappa shape index (κ3) is 2.08. The monoisotopic (exact) mass is 271 g/mol. The average Bonchev–Trinajstić information content (AvgIpc) is 3.09. The summed E-state index contributed by atoms with van der Waals surface area (Å²) in [6, 6.07) is 6.19.